The molecular weight excluding hydrogens is 415 g/mol. The first kappa shape index (κ1) is 25.0. The highest BCUT2D eigenvalue weighted by Crippen LogP contribution is 2.22. The molecule has 0 saturated heterocycles. The summed E-state index contributed by atoms with van der Waals surface area (Å²) in [5.41, 5.74) is 7.27. The van der Waals surface area contributed by atoms with Crippen molar-refractivity contribution in [2.75, 3.05) is 26.4 Å². The van der Waals surface area contributed by atoms with Crippen LogP contribution in [0.4, 0.5) is 0 Å². The van der Waals surface area contributed by atoms with Crippen LogP contribution in [0, 0.1) is 0 Å². The minimum absolute atomic E-state index is 0.0767. The highest BCUT2D eigenvalue weighted by atomic mass is 35.5. The van der Waals surface area contributed by atoms with E-state index in [1.54, 1.807) is 32.1 Å². The summed E-state index contributed by atoms with van der Waals surface area (Å²) in [6.07, 6.45) is 3.64. The Kier molecular flexibility index (Phi) is 12.1. The Bertz CT molecular complexity index is 764. The van der Waals surface area contributed by atoms with E-state index in [1.807, 2.05) is 6.07 Å². The number of aliphatic hydroxyl groups is 1. The van der Waals surface area contributed by atoms with E-state index in [0.29, 0.717) is 54.2 Å². The van der Waals surface area contributed by atoms with Gasteiger partial charge < -0.3 is 26.2 Å². The van der Waals surface area contributed by atoms with Crippen molar-refractivity contribution in [2.24, 2.45) is 10.7 Å². The topological polar surface area (TPSA) is 109 Å². The van der Waals surface area contributed by atoms with Crippen molar-refractivity contribution < 1.29 is 14.6 Å². The molecule has 0 aliphatic carbocycles. The molecule has 0 unspecified atom stereocenters. The number of nitrogens with two attached hydrogens (primary N) is 1. The van der Waals surface area contributed by atoms with E-state index in [-0.39, 0.29) is 18.2 Å². The van der Waals surface area contributed by atoms with E-state index >= 15 is 0 Å². The van der Waals surface area contributed by atoms with Gasteiger partial charge in [-0.25, -0.2) is 0 Å². The van der Waals surface area contributed by atoms with E-state index in [9.17, 15) is 4.79 Å². The zero-order valence-corrected chi connectivity index (χ0v) is 18.2. The van der Waals surface area contributed by atoms with E-state index in [1.165, 1.54) is 6.20 Å². The van der Waals surface area contributed by atoms with Gasteiger partial charge in [-0.15, -0.1) is 0 Å². The zero-order valence-electron chi connectivity index (χ0n) is 16.7. The molecule has 0 atom stereocenters. The maximum atomic E-state index is 12.7. The Morgan fingerprint density at radius 2 is 2.07 bits per heavy atom. The van der Waals surface area contributed by atoms with Gasteiger partial charge in [-0.05, 0) is 55.8 Å². The molecule has 0 radical (unpaired) electrons. The SMILES string of the molecule is CC=C(NCc1ccc(Cl)c(Cl)c1)NC(=O)C(=NCCOCCCO)/C(C)=C\N. The summed E-state index contributed by atoms with van der Waals surface area (Å²) in [6, 6.07) is 5.33. The lowest BCUT2D eigenvalue weighted by Crippen LogP contribution is -2.36. The van der Waals surface area contributed by atoms with E-state index in [2.05, 4.69) is 15.6 Å². The number of aliphatic hydroxyl groups excluding tert-OH is 1. The summed E-state index contributed by atoms with van der Waals surface area (Å²) in [5.74, 6) is 0.145. The van der Waals surface area contributed by atoms with Gasteiger partial charge in [0.1, 0.15) is 11.5 Å². The highest BCUT2D eigenvalue weighted by Gasteiger charge is 2.14. The number of nitrogens with one attached hydrogen (secondary N) is 2. The highest BCUT2D eigenvalue weighted by molar-refractivity contribution is 6.45. The fraction of sp³-hybridized carbons (Fsp3) is 0.400. The average Bonchev–Trinajstić information content (AvgIpc) is 2.72. The van der Waals surface area contributed by atoms with E-state index in [4.69, 9.17) is 38.8 Å². The van der Waals surface area contributed by atoms with Gasteiger partial charge >= 0.3 is 0 Å². The smallest absolute Gasteiger partial charge is 0.275 e. The molecule has 9 heteroatoms. The van der Waals surface area contributed by atoms with Crippen LogP contribution >= 0.6 is 23.2 Å². The standard InChI is InChI=1S/C20H28Cl2N4O3/c1-3-18(25-13-15-5-6-16(21)17(22)11-15)26-20(28)19(14(2)12-23)24-7-10-29-9-4-8-27/h3,5-6,11-12,25,27H,4,7-10,13,23H2,1-2H3,(H,26,28)/b14-12-,18-3?,24-19?. The summed E-state index contributed by atoms with van der Waals surface area (Å²) in [7, 11) is 0. The summed E-state index contributed by atoms with van der Waals surface area (Å²) in [6.45, 7) is 5.14. The van der Waals surface area contributed by atoms with Gasteiger partial charge in [-0.2, -0.15) is 0 Å². The summed E-state index contributed by atoms with van der Waals surface area (Å²) >= 11 is 12.0. The van der Waals surface area contributed by atoms with Crippen LogP contribution in [0.5, 0.6) is 0 Å². The van der Waals surface area contributed by atoms with E-state index in [0.717, 1.165) is 5.56 Å². The first-order chi connectivity index (χ1) is 13.9. The van der Waals surface area contributed by atoms with E-state index < -0.39 is 0 Å². The molecule has 7 nitrogen and oxygen atoms in total. The molecule has 0 fully saturated rings. The molecule has 1 rings (SSSR count). The summed E-state index contributed by atoms with van der Waals surface area (Å²) in [5, 5.41) is 15.6. The second-order valence-electron chi connectivity index (χ2n) is 6.03. The summed E-state index contributed by atoms with van der Waals surface area (Å²) in [4.78, 5) is 17.0. The molecule has 0 aromatic heterocycles. The average molecular weight is 443 g/mol. The molecule has 5 N–H and O–H groups in total. The van der Waals surface area contributed by atoms with Crippen molar-refractivity contribution in [1.82, 2.24) is 10.6 Å². The number of benzene rings is 1. The number of hydrogen-bond acceptors (Lipinski definition) is 6. The monoisotopic (exact) mass is 442 g/mol. The molecule has 0 aliphatic heterocycles. The fourth-order valence-electron chi connectivity index (χ4n) is 2.19. The predicted molar refractivity (Wildman–Crippen MR) is 118 cm³/mol. The first-order valence-corrected chi connectivity index (χ1v) is 9.95. The number of carbonyl (C=O) groups is 1. The Morgan fingerprint density at radius 3 is 2.69 bits per heavy atom. The number of amides is 1. The lowest BCUT2D eigenvalue weighted by atomic mass is 10.2. The van der Waals surface area contributed by atoms with Crippen molar-refractivity contribution >= 4 is 34.8 Å². The largest absolute Gasteiger partial charge is 0.404 e. The fourth-order valence-corrected chi connectivity index (χ4v) is 2.51. The lowest BCUT2D eigenvalue weighted by molar-refractivity contribution is -0.114. The molecule has 1 aromatic rings. The van der Waals surface area contributed by atoms with Gasteiger partial charge in [0.05, 0.1) is 23.2 Å². The van der Waals surface area contributed by atoms with Gasteiger partial charge in [0, 0.05) is 19.8 Å². The van der Waals surface area contributed by atoms with Gasteiger partial charge in [-0.1, -0.05) is 29.3 Å². The van der Waals surface area contributed by atoms with Crippen molar-refractivity contribution in [3.8, 4) is 0 Å². The molecule has 160 valence electrons. The Hall–Kier alpha value is -2.06. The Morgan fingerprint density at radius 1 is 1.31 bits per heavy atom. The minimum Gasteiger partial charge on any atom is -0.404 e. The van der Waals surface area contributed by atoms with Crippen LogP contribution < -0.4 is 16.4 Å². The van der Waals surface area contributed by atoms with Gasteiger partial charge in [-0.3, -0.25) is 9.79 Å². The number of rotatable bonds is 12. The number of carbonyl (C=O) groups excluding carboxylic acids is 1. The normalized spacial score (nSPS) is 12.8. The molecule has 0 heterocycles. The number of allylic oxidation sites excluding steroid dienone is 1. The number of ether oxygens (including phenoxy) is 1. The molecule has 1 aromatic carbocycles. The van der Waals surface area contributed by atoms with Gasteiger partial charge in [0.25, 0.3) is 5.91 Å². The molecule has 1 amide bonds. The third-order valence-electron chi connectivity index (χ3n) is 3.79. The number of hydrogen-bond donors (Lipinski definition) is 4. The third kappa shape index (κ3) is 9.32. The second kappa shape index (κ2) is 14.0. The van der Waals surface area contributed by atoms with Gasteiger partial charge in [0.2, 0.25) is 0 Å². The zero-order chi connectivity index (χ0) is 21.6. The Labute approximate surface area is 181 Å². The van der Waals surface area contributed by atoms with Crippen LogP contribution in [0.25, 0.3) is 0 Å². The molecule has 0 spiro atoms. The predicted octanol–water partition coefficient (Wildman–Crippen LogP) is 2.76. The molecular formula is C20H28Cl2N4O3. The first-order valence-electron chi connectivity index (χ1n) is 9.20. The second-order valence-corrected chi connectivity index (χ2v) is 6.84. The van der Waals surface area contributed by atoms with Crippen molar-refractivity contribution in [3.05, 3.63) is 57.5 Å². The van der Waals surface area contributed by atoms with Crippen LogP contribution in [-0.4, -0.2) is 43.1 Å². The van der Waals surface area contributed by atoms with Crippen LogP contribution in [-0.2, 0) is 16.1 Å². The van der Waals surface area contributed by atoms with Gasteiger partial charge in [0.15, 0.2) is 0 Å². The molecule has 29 heavy (non-hydrogen) atoms. The minimum atomic E-state index is -0.380. The third-order valence-corrected chi connectivity index (χ3v) is 4.53. The Balaban J connectivity index is 2.68. The number of aliphatic imine (C=N–C) groups is 1. The van der Waals surface area contributed by atoms with Crippen LogP contribution in [0.2, 0.25) is 10.0 Å². The van der Waals surface area contributed by atoms with Crippen LogP contribution in [0.3, 0.4) is 0 Å². The molecule has 0 saturated carbocycles. The van der Waals surface area contributed by atoms with Crippen molar-refractivity contribution in [1.29, 1.82) is 0 Å². The quantitative estimate of drug-likeness (QED) is 0.294. The van der Waals surface area contributed by atoms with Crippen molar-refractivity contribution in [3.63, 3.8) is 0 Å². The van der Waals surface area contributed by atoms with Crippen molar-refractivity contribution in [2.45, 2.75) is 26.8 Å². The number of nitrogens with zero attached hydrogens (tertiary/aromatic N) is 1. The molecule has 0 bridgehead atoms. The lowest BCUT2D eigenvalue weighted by Gasteiger charge is -2.14. The number of halogens is 2. The van der Waals surface area contributed by atoms with Crippen LogP contribution in [0.15, 0.2) is 46.9 Å². The maximum Gasteiger partial charge on any atom is 0.275 e. The molecule has 0 aliphatic rings. The summed E-state index contributed by atoms with van der Waals surface area (Å²) < 4.78 is 5.33. The maximum absolute atomic E-state index is 12.7. The van der Waals surface area contributed by atoms with Crippen LogP contribution in [0.1, 0.15) is 25.8 Å².